The molecule has 0 aliphatic heterocycles. The molecule has 5 heteroatoms. The van der Waals surface area contributed by atoms with Crippen LogP contribution in [0.1, 0.15) is 38.2 Å². The van der Waals surface area contributed by atoms with Crippen LogP contribution in [-0.4, -0.2) is 21.0 Å². The number of nitrogens with one attached hydrogen (secondary N) is 1. The van der Waals surface area contributed by atoms with E-state index in [4.69, 9.17) is 5.73 Å². The molecule has 0 heterocycles. The maximum absolute atomic E-state index is 12.4. The lowest BCUT2D eigenvalue weighted by atomic mass is 10.0. The first-order valence-electron chi connectivity index (χ1n) is 7.34. The molecule has 3 N–H and O–H groups in total. The van der Waals surface area contributed by atoms with Gasteiger partial charge >= 0.3 is 0 Å². The van der Waals surface area contributed by atoms with Crippen LogP contribution in [0.2, 0.25) is 0 Å². The SMILES string of the molecule is CC(NS(=O)(=O)c1ccc(C#CCN)cc1)C1CCCC1. The number of nitrogens with two attached hydrogens (primary N) is 1. The van der Waals surface area contributed by atoms with Crippen LogP contribution in [0.25, 0.3) is 0 Å². The van der Waals surface area contributed by atoms with Crippen molar-refractivity contribution in [3.05, 3.63) is 29.8 Å². The van der Waals surface area contributed by atoms with Crippen LogP contribution in [0.4, 0.5) is 0 Å². The summed E-state index contributed by atoms with van der Waals surface area (Å²) in [5, 5.41) is 0. The van der Waals surface area contributed by atoms with Crippen LogP contribution >= 0.6 is 0 Å². The maximum Gasteiger partial charge on any atom is 0.240 e. The number of hydrogen-bond acceptors (Lipinski definition) is 3. The summed E-state index contributed by atoms with van der Waals surface area (Å²) in [7, 11) is -3.46. The van der Waals surface area contributed by atoms with Crippen LogP contribution in [0.15, 0.2) is 29.2 Å². The van der Waals surface area contributed by atoms with Crippen molar-refractivity contribution in [1.29, 1.82) is 0 Å². The highest BCUT2D eigenvalue weighted by atomic mass is 32.2. The Morgan fingerprint density at radius 1 is 1.29 bits per heavy atom. The van der Waals surface area contributed by atoms with E-state index in [1.54, 1.807) is 24.3 Å². The van der Waals surface area contributed by atoms with Gasteiger partial charge in [-0.25, -0.2) is 13.1 Å². The van der Waals surface area contributed by atoms with Gasteiger partial charge < -0.3 is 5.73 Å². The molecule has 1 aromatic rings. The van der Waals surface area contributed by atoms with Gasteiger partial charge in [0.1, 0.15) is 0 Å². The van der Waals surface area contributed by atoms with Crippen molar-refractivity contribution in [2.24, 2.45) is 11.7 Å². The molecule has 114 valence electrons. The van der Waals surface area contributed by atoms with E-state index in [0.717, 1.165) is 18.4 Å². The molecule has 0 bridgehead atoms. The van der Waals surface area contributed by atoms with Gasteiger partial charge in [0.2, 0.25) is 10.0 Å². The molecule has 1 unspecified atom stereocenters. The molecule has 1 fully saturated rings. The molecular weight excluding hydrogens is 284 g/mol. The largest absolute Gasteiger partial charge is 0.320 e. The number of sulfonamides is 1. The second-order valence-electron chi connectivity index (χ2n) is 5.48. The Hall–Kier alpha value is -1.35. The Bertz CT molecular complexity index is 620. The molecule has 0 amide bonds. The molecule has 21 heavy (non-hydrogen) atoms. The summed E-state index contributed by atoms with van der Waals surface area (Å²) in [6.07, 6.45) is 4.62. The highest BCUT2D eigenvalue weighted by Crippen LogP contribution is 2.28. The van der Waals surface area contributed by atoms with Crippen LogP contribution in [0.5, 0.6) is 0 Å². The average Bonchev–Trinajstić information content (AvgIpc) is 2.99. The summed E-state index contributed by atoms with van der Waals surface area (Å²) < 4.78 is 27.5. The van der Waals surface area contributed by atoms with Crippen molar-refractivity contribution in [2.75, 3.05) is 6.54 Å². The van der Waals surface area contributed by atoms with Crippen molar-refractivity contribution >= 4 is 10.0 Å². The van der Waals surface area contributed by atoms with Crippen molar-refractivity contribution < 1.29 is 8.42 Å². The summed E-state index contributed by atoms with van der Waals surface area (Å²) in [6.45, 7) is 2.25. The Kier molecular flexibility index (Phi) is 5.40. The van der Waals surface area contributed by atoms with Gasteiger partial charge in [-0.15, -0.1) is 0 Å². The second-order valence-corrected chi connectivity index (χ2v) is 7.20. The third-order valence-corrected chi connectivity index (χ3v) is 5.52. The zero-order valence-electron chi connectivity index (χ0n) is 12.3. The zero-order chi connectivity index (χ0) is 15.3. The highest BCUT2D eigenvalue weighted by Gasteiger charge is 2.25. The first kappa shape index (κ1) is 16.0. The van der Waals surface area contributed by atoms with Crippen LogP contribution in [0, 0.1) is 17.8 Å². The minimum Gasteiger partial charge on any atom is -0.320 e. The van der Waals surface area contributed by atoms with E-state index in [9.17, 15) is 8.42 Å². The minimum atomic E-state index is -3.46. The molecule has 1 atom stereocenters. The summed E-state index contributed by atoms with van der Waals surface area (Å²) in [6, 6.07) is 6.57. The molecule has 0 saturated heterocycles. The van der Waals surface area contributed by atoms with Gasteiger partial charge in [-0.3, -0.25) is 0 Å². The molecule has 0 spiro atoms. The van der Waals surface area contributed by atoms with Crippen molar-refractivity contribution in [3.8, 4) is 11.8 Å². The molecule has 1 aliphatic rings. The Morgan fingerprint density at radius 3 is 2.48 bits per heavy atom. The third-order valence-electron chi connectivity index (χ3n) is 3.95. The van der Waals surface area contributed by atoms with E-state index in [0.29, 0.717) is 12.5 Å². The van der Waals surface area contributed by atoms with Crippen LogP contribution in [0.3, 0.4) is 0 Å². The first-order valence-corrected chi connectivity index (χ1v) is 8.82. The van der Waals surface area contributed by atoms with Crippen LogP contribution in [-0.2, 0) is 10.0 Å². The normalized spacial score (nSPS) is 17.2. The predicted octanol–water partition coefficient (Wildman–Crippen LogP) is 1.85. The van der Waals surface area contributed by atoms with Gasteiger partial charge in [-0.2, -0.15) is 0 Å². The van der Waals surface area contributed by atoms with Gasteiger partial charge in [0.15, 0.2) is 0 Å². The lowest BCUT2D eigenvalue weighted by Crippen LogP contribution is -2.37. The summed E-state index contributed by atoms with van der Waals surface area (Å²) >= 11 is 0. The average molecular weight is 306 g/mol. The van der Waals surface area contributed by atoms with Gasteiger partial charge in [-0.1, -0.05) is 24.7 Å². The maximum atomic E-state index is 12.4. The molecule has 4 nitrogen and oxygen atoms in total. The number of rotatable bonds is 4. The molecule has 2 rings (SSSR count). The topological polar surface area (TPSA) is 72.2 Å². The minimum absolute atomic E-state index is 0.0193. The second kappa shape index (κ2) is 7.08. The lowest BCUT2D eigenvalue weighted by molar-refractivity contribution is 0.424. The monoisotopic (exact) mass is 306 g/mol. The van der Waals surface area contributed by atoms with E-state index in [1.807, 2.05) is 6.92 Å². The fraction of sp³-hybridized carbons (Fsp3) is 0.500. The quantitative estimate of drug-likeness (QED) is 0.834. The van der Waals surface area contributed by atoms with Crippen molar-refractivity contribution in [1.82, 2.24) is 4.72 Å². The Balaban J connectivity index is 2.08. The first-order chi connectivity index (χ1) is 10.0. The molecule has 0 aromatic heterocycles. The van der Waals surface area contributed by atoms with Crippen LogP contribution < -0.4 is 10.5 Å². The van der Waals surface area contributed by atoms with Gasteiger partial charge in [-0.05, 0) is 49.9 Å². The molecule has 0 radical (unpaired) electrons. The van der Waals surface area contributed by atoms with E-state index in [2.05, 4.69) is 16.6 Å². The Morgan fingerprint density at radius 2 is 1.90 bits per heavy atom. The third kappa shape index (κ3) is 4.31. The van der Waals surface area contributed by atoms with Crippen molar-refractivity contribution in [2.45, 2.75) is 43.5 Å². The summed E-state index contributed by atoms with van der Waals surface area (Å²) in [4.78, 5) is 0.283. The van der Waals surface area contributed by atoms with E-state index >= 15 is 0 Å². The van der Waals surface area contributed by atoms with Gasteiger partial charge in [0.25, 0.3) is 0 Å². The number of benzene rings is 1. The molecular formula is C16H22N2O2S. The molecule has 1 aliphatic carbocycles. The smallest absolute Gasteiger partial charge is 0.240 e. The van der Waals surface area contributed by atoms with Gasteiger partial charge in [0.05, 0.1) is 11.4 Å². The van der Waals surface area contributed by atoms with E-state index in [1.165, 1.54) is 12.8 Å². The Labute approximate surface area is 127 Å². The number of hydrogen-bond donors (Lipinski definition) is 2. The van der Waals surface area contributed by atoms with E-state index in [-0.39, 0.29) is 10.9 Å². The summed E-state index contributed by atoms with van der Waals surface area (Å²) in [5.74, 6) is 6.08. The fourth-order valence-corrected chi connectivity index (χ4v) is 4.05. The van der Waals surface area contributed by atoms with Gasteiger partial charge in [0, 0.05) is 11.6 Å². The van der Waals surface area contributed by atoms with Crippen molar-refractivity contribution in [3.63, 3.8) is 0 Å². The predicted molar refractivity (Wildman–Crippen MR) is 84.1 cm³/mol. The van der Waals surface area contributed by atoms with E-state index < -0.39 is 10.0 Å². The molecule has 1 aromatic carbocycles. The summed E-state index contributed by atoms with van der Waals surface area (Å²) in [5.41, 5.74) is 6.08. The zero-order valence-corrected chi connectivity index (χ0v) is 13.1. The highest BCUT2D eigenvalue weighted by molar-refractivity contribution is 7.89. The lowest BCUT2D eigenvalue weighted by Gasteiger charge is -2.20. The fourth-order valence-electron chi connectivity index (χ4n) is 2.74. The standard InChI is InChI=1S/C16H22N2O2S/c1-13(15-6-2-3-7-15)18-21(19,20)16-10-8-14(9-11-16)5-4-12-17/h8-11,13,15,18H,2-3,6-7,12,17H2,1H3. The molecule has 1 saturated carbocycles.